The minimum atomic E-state index is -3.13. The van der Waals surface area contributed by atoms with E-state index in [0.717, 1.165) is 43.0 Å². The van der Waals surface area contributed by atoms with Gasteiger partial charge in [0.05, 0.1) is 5.25 Å². The van der Waals surface area contributed by atoms with E-state index >= 15 is 0 Å². The molecule has 22 heavy (non-hydrogen) atoms. The molecular formula is C15H24N2O4S. The Morgan fingerprint density at radius 1 is 1.09 bits per heavy atom. The molecule has 0 fully saturated rings. The van der Waals surface area contributed by atoms with E-state index < -0.39 is 10.0 Å². The second kappa shape index (κ2) is 7.69. The lowest BCUT2D eigenvalue weighted by Gasteiger charge is -2.10. The van der Waals surface area contributed by atoms with Gasteiger partial charge >= 0.3 is 0 Å². The third-order valence-electron chi connectivity index (χ3n) is 3.48. The molecule has 124 valence electrons. The molecule has 1 aliphatic rings. The van der Waals surface area contributed by atoms with Crippen LogP contribution in [0.4, 0.5) is 5.69 Å². The lowest BCUT2D eigenvalue weighted by molar-refractivity contribution is 0.174. The smallest absolute Gasteiger partial charge is 0.231 e. The van der Waals surface area contributed by atoms with Crippen LogP contribution in [0.15, 0.2) is 18.2 Å². The molecule has 0 radical (unpaired) electrons. The van der Waals surface area contributed by atoms with Crippen LogP contribution in [0.25, 0.3) is 0 Å². The summed E-state index contributed by atoms with van der Waals surface area (Å²) < 4.78 is 36.3. The molecule has 1 aromatic carbocycles. The molecule has 7 heteroatoms. The van der Waals surface area contributed by atoms with Gasteiger partial charge in [-0.25, -0.2) is 13.1 Å². The molecule has 0 spiro atoms. The monoisotopic (exact) mass is 328 g/mol. The van der Waals surface area contributed by atoms with Crippen LogP contribution in [-0.2, 0) is 10.0 Å². The molecule has 2 rings (SSSR count). The second-order valence-electron chi connectivity index (χ2n) is 5.54. The number of hydrogen-bond donors (Lipinski definition) is 2. The quantitative estimate of drug-likeness (QED) is 0.680. The Balaban J connectivity index is 1.58. The highest BCUT2D eigenvalue weighted by molar-refractivity contribution is 7.90. The Hall–Kier alpha value is -1.47. The van der Waals surface area contributed by atoms with Gasteiger partial charge in [-0.1, -0.05) is 6.42 Å². The van der Waals surface area contributed by atoms with Crippen molar-refractivity contribution < 1.29 is 17.9 Å². The standard InChI is InChI=1S/C15H24N2O4S/c1-12(2)22(18,19)17-9-5-3-4-8-16-13-6-7-14-15(10-13)21-11-20-14/h6-7,10,12,16-17H,3-5,8-9,11H2,1-2H3. The SMILES string of the molecule is CC(C)S(=O)(=O)NCCCCCNc1ccc2c(c1)OCO2. The van der Waals surface area contributed by atoms with Crippen LogP contribution in [0, 0.1) is 0 Å². The summed E-state index contributed by atoms with van der Waals surface area (Å²) in [6.45, 7) is 4.99. The maximum atomic E-state index is 11.6. The van der Waals surface area contributed by atoms with Crippen molar-refractivity contribution in [3.63, 3.8) is 0 Å². The van der Waals surface area contributed by atoms with E-state index in [-0.39, 0.29) is 12.0 Å². The maximum Gasteiger partial charge on any atom is 0.231 e. The van der Waals surface area contributed by atoms with Gasteiger partial charge in [0, 0.05) is 24.8 Å². The number of unbranched alkanes of at least 4 members (excludes halogenated alkanes) is 2. The highest BCUT2D eigenvalue weighted by Crippen LogP contribution is 2.34. The fraction of sp³-hybridized carbons (Fsp3) is 0.600. The van der Waals surface area contributed by atoms with Gasteiger partial charge in [-0.3, -0.25) is 0 Å². The predicted octanol–water partition coefficient (Wildman–Crippen LogP) is 2.33. The Kier molecular flexibility index (Phi) is 5.90. The highest BCUT2D eigenvalue weighted by atomic mass is 32.2. The third kappa shape index (κ3) is 4.78. The molecule has 0 amide bonds. The van der Waals surface area contributed by atoms with Crippen molar-refractivity contribution >= 4 is 15.7 Å². The first-order chi connectivity index (χ1) is 10.5. The summed E-state index contributed by atoms with van der Waals surface area (Å²) in [7, 11) is -3.13. The summed E-state index contributed by atoms with van der Waals surface area (Å²) in [6, 6.07) is 5.79. The lowest BCUT2D eigenvalue weighted by Crippen LogP contribution is -2.31. The van der Waals surface area contributed by atoms with Gasteiger partial charge in [0.1, 0.15) is 0 Å². The molecule has 0 aromatic heterocycles. The molecule has 1 aromatic rings. The zero-order valence-corrected chi connectivity index (χ0v) is 13.9. The van der Waals surface area contributed by atoms with Gasteiger partial charge in [-0.15, -0.1) is 0 Å². The normalized spacial score (nSPS) is 13.6. The predicted molar refractivity (Wildman–Crippen MR) is 87.0 cm³/mol. The lowest BCUT2D eigenvalue weighted by atomic mass is 10.2. The summed E-state index contributed by atoms with van der Waals surface area (Å²) in [5.41, 5.74) is 1.00. The zero-order chi connectivity index (χ0) is 16.0. The van der Waals surface area contributed by atoms with Crippen LogP contribution in [-0.4, -0.2) is 33.6 Å². The van der Waals surface area contributed by atoms with Crippen LogP contribution in [0.3, 0.4) is 0 Å². The van der Waals surface area contributed by atoms with E-state index in [0.29, 0.717) is 6.54 Å². The fourth-order valence-corrected chi connectivity index (χ4v) is 2.81. The molecule has 0 unspecified atom stereocenters. The minimum absolute atomic E-state index is 0.283. The molecule has 0 atom stereocenters. The molecule has 1 aliphatic heterocycles. The number of anilines is 1. The molecule has 1 heterocycles. The van der Waals surface area contributed by atoms with Crippen molar-refractivity contribution in [2.45, 2.75) is 38.4 Å². The zero-order valence-electron chi connectivity index (χ0n) is 13.1. The van der Waals surface area contributed by atoms with Gasteiger partial charge in [0.25, 0.3) is 0 Å². The van der Waals surface area contributed by atoms with E-state index in [2.05, 4.69) is 10.0 Å². The van der Waals surface area contributed by atoms with Crippen LogP contribution in [0.5, 0.6) is 11.5 Å². The van der Waals surface area contributed by atoms with Crippen molar-refractivity contribution in [1.82, 2.24) is 4.72 Å². The van der Waals surface area contributed by atoms with Crippen LogP contribution in [0.2, 0.25) is 0 Å². The number of sulfonamides is 1. The summed E-state index contributed by atoms with van der Waals surface area (Å²) in [5.74, 6) is 1.55. The Bertz CT molecular complexity index is 587. The van der Waals surface area contributed by atoms with E-state index in [1.54, 1.807) is 13.8 Å². The van der Waals surface area contributed by atoms with E-state index in [9.17, 15) is 8.42 Å². The number of nitrogens with one attached hydrogen (secondary N) is 2. The average molecular weight is 328 g/mol. The van der Waals surface area contributed by atoms with Gasteiger partial charge in [-0.2, -0.15) is 0 Å². The van der Waals surface area contributed by atoms with Gasteiger partial charge in [-0.05, 0) is 38.8 Å². The average Bonchev–Trinajstić information content (AvgIpc) is 2.93. The maximum absolute atomic E-state index is 11.6. The molecule has 6 nitrogen and oxygen atoms in total. The van der Waals surface area contributed by atoms with E-state index in [4.69, 9.17) is 9.47 Å². The summed E-state index contributed by atoms with van der Waals surface area (Å²) >= 11 is 0. The molecule has 0 saturated heterocycles. The number of hydrogen-bond acceptors (Lipinski definition) is 5. The van der Waals surface area contributed by atoms with Gasteiger partial charge < -0.3 is 14.8 Å². The summed E-state index contributed by atoms with van der Waals surface area (Å²) in [6.07, 6.45) is 2.80. The number of fused-ring (bicyclic) bond motifs is 1. The fourth-order valence-electron chi connectivity index (χ4n) is 2.05. The number of ether oxygens (including phenoxy) is 2. The number of rotatable bonds is 9. The molecule has 0 aliphatic carbocycles. The van der Waals surface area contributed by atoms with Crippen LogP contribution < -0.4 is 19.5 Å². The Morgan fingerprint density at radius 2 is 1.82 bits per heavy atom. The Morgan fingerprint density at radius 3 is 2.59 bits per heavy atom. The molecule has 0 bridgehead atoms. The number of benzene rings is 1. The van der Waals surface area contributed by atoms with Crippen molar-refractivity contribution in [2.75, 3.05) is 25.2 Å². The summed E-state index contributed by atoms with van der Waals surface area (Å²) in [5, 5.41) is 2.95. The van der Waals surface area contributed by atoms with Gasteiger partial charge in [0.15, 0.2) is 11.5 Å². The van der Waals surface area contributed by atoms with Crippen molar-refractivity contribution in [3.05, 3.63) is 18.2 Å². The molecular weight excluding hydrogens is 304 g/mol. The van der Waals surface area contributed by atoms with Gasteiger partial charge in [0.2, 0.25) is 16.8 Å². The summed E-state index contributed by atoms with van der Waals surface area (Å²) in [4.78, 5) is 0. The van der Waals surface area contributed by atoms with Crippen molar-refractivity contribution in [1.29, 1.82) is 0 Å². The van der Waals surface area contributed by atoms with Crippen molar-refractivity contribution in [3.8, 4) is 11.5 Å². The topological polar surface area (TPSA) is 76.7 Å². The largest absolute Gasteiger partial charge is 0.454 e. The molecule has 2 N–H and O–H groups in total. The van der Waals surface area contributed by atoms with Crippen LogP contribution >= 0.6 is 0 Å². The first-order valence-electron chi connectivity index (χ1n) is 7.61. The first kappa shape index (κ1) is 16.9. The second-order valence-corrected chi connectivity index (χ2v) is 7.87. The van der Waals surface area contributed by atoms with E-state index in [1.165, 1.54) is 0 Å². The van der Waals surface area contributed by atoms with E-state index in [1.807, 2.05) is 18.2 Å². The Labute approximate surface area is 132 Å². The minimum Gasteiger partial charge on any atom is -0.454 e. The first-order valence-corrected chi connectivity index (χ1v) is 9.15. The van der Waals surface area contributed by atoms with Crippen molar-refractivity contribution in [2.24, 2.45) is 0 Å². The molecule has 0 saturated carbocycles. The third-order valence-corrected chi connectivity index (χ3v) is 5.33. The highest BCUT2D eigenvalue weighted by Gasteiger charge is 2.14. The van der Waals surface area contributed by atoms with Crippen LogP contribution in [0.1, 0.15) is 33.1 Å².